The fourth-order valence-corrected chi connectivity index (χ4v) is 1.10. The third-order valence-corrected chi connectivity index (χ3v) is 1.64. The molecule has 2 aromatic heterocycles. The molecular formula is C7H7N3O2. The number of aryl methyl sites for hydroxylation is 2. The summed E-state index contributed by atoms with van der Waals surface area (Å²) in [5.41, 5.74) is 0.670. The minimum atomic E-state index is -0.198. The lowest BCUT2D eigenvalue weighted by atomic mass is 10.3. The Morgan fingerprint density at radius 3 is 2.92 bits per heavy atom. The Balaban J connectivity index is 3.03. The van der Waals surface area contributed by atoms with E-state index in [9.17, 15) is 4.79 Å². The molecule has 0 amide bonds. The van der Waals surface area contributed by atoms with Crippen LogP contribution in [0.1, 0.15) is 11.5 Å². The summed E-state index contributed by atoms with van der Waals surface area (Å²) in [6.45, 7) is 3.40. The van der Waals surface area contributed by atoms with E-state index in [2.05, 4.69) is 15.1 Å². The number of rotatable bonds is 0. The van der Waals surface area contributed by atoms with Gasteiger partial charge in [0, 0.05) is 0 Å². The second-order valence-electron chi connectivity index (χ2n) is 2.60. The summed E-state index contributed by atoms with van der Waals surface area (Å²) in [4.78, 5) is 17.8. The Bertz CT molecular complexity index is 483. The van der Waals surface area contributed by atoms with Crippen molar-refractivity contribution in [2.45, 2.75) is 13.8 Å². The molecule has 0 bridgehead atoms. The third-order valence-electron chi connectivity index (χ3n) is 1.64. The Morgan fingerprint density at radius 1 is 1.42 bits per heavy atom. The first-order valence-corrected chi connectivity index (χ1v) is 3.51. The standard InChI is InChI=1S/C7H7N3O2/c1-3-5-6(11)8-4(2)9-7(5)12-10-3/h1-2H3,(H,8,9,11). The molecule has 0 saturated carbocycles. The number of nitrogens with zero attached hydrogens (tertiary/aromatic N) is 2. The van der Waals surface area contributed by atoms with Crippen molar-refractivity contribution in [3.05, 3.63) is 21.9 Å². The highest BCUT2D eigenvalue weighted by molar-refractivity contribution is 5.73. The van der Waals surface area contributed by atoms with Crippen LogP contribution in [0, 0.1) is 13.8 Å². The van der Waals surface area contributed by atoms with Gasteiger partial charge in [-0.2, -0.15) is 4.98 Å². The minimum Gasteiger partial charge on any atom is -0.335 e. The molecule has 2 heterocycles. The number of hydrogen-bond acceptors (Lipinski definition) is 4. The molecule has 0 fully saturated rings. The van der Waals surface area contributed by atoms with Gasteiger partial charge < -0.3 is 9.51 Å². The van der Waals surface area contributed by atoms with Crippen molar-refractivity contribution in [3.63, 3.8) is 0 Å². The Kier molecular flexibility index (Phi) is 1.27. The first kappa shape index (κ1) is 7.02. The van der Waals surface area contributed by atoms with Crippen molar-refractivity contribution in [3.8, 4) is 0 Å². The van der Waals surface area contributed by atoms with Crippen molar-refractivity contribution < 1.29 is 4.52 Å². The Labute approximate surface area is 67.4 Å². The highest BCUT2D eigenvalue weighted by atomic mass is 16.5. The van der Waals surface area contributed by atoms with E-state index in [0.29, 0.717) is 22.6 Å². The summed E-state index contributed by atoms with van der Waals surface area (Å²) in [6.07, 6.45) is 0. The molecule has 0 spiro atoms. The zero-order valence-electron chi connectivity index (χ0n) is 6.71. The van der Waals surface area contributed by atoms with Crippen molar-refractivity contribution in [1.29, 1.82) is 0 Å². The predicted molar refractivity (Wildman–Crippen MR) is 41.9 cm³/mol. The zero-order chi connectivity index (χ0) is 8.72. The van der Waals surface area contributed by atoms with E-state index in [1.54, 1.807) is 13.8 Å². The fourth-order valence-electron chi connectivity index (χ4n) is 1.10. The normalized spacial score (nSPS) is 10.8. The molecule has 5 heteroatoms. The molecule has 0 unspecified atom stereocenters. The average molecular weight is 165 g/mol. The quantitative estimate of drug-likeness (QED) is 0.618. The van der Waals surface area contributed by atoms with Crippen molar-refractivity contribution in [2.24, 2.45) is 0 Å². The first-order valence-electron chi connectivity index (χ1n) is 3.51. The molecule has 5 nitrogen and oxygen atoms in total. The predicted octanol–water partition coefficient (Wildman–Crippen LogP) is 0.528. The monoisotopic (exact) mass is 165 g/mol. The molecule has 0 radical (unpaired) electrons. The summed E-state index contributed by atoms with van der Waals surface area (Å²) in [5.74, 6) is 0.531. The lowest BCUT2D eigenvalue weighted by molar-refractivity contribution is 0.442. The van der Waals surface area contributed by atoms with Crippen LogP contribution in [0.15, 0.2) is 9.32 Å². The van der Waals surface area contributed by atoms with Gasteiger partial charge in [0.15, 0.2) is 0 Å². The van der Waals surface area contributed by atoms with Gasteiger partial charge in [0.2, 0.25) is 0 Å². The molecule has 2 rings (SSSR count). The lowest BCUT2D eigenvalue weighted by Crippen LogP contribution is -2.08. The van der Waals surface area contributed by atoms with Crippen LogP contribution < -0.4 is 5.56 Å². The van der Waals surface area contributed by atoms with E-state index >= 15 is 0 Å². The van der Waals surface area contributed by atoms with Crippen LogP contribution in [0.2, 0.25) is 0 Å². The van der Waals surface area contributed by atoms with Crippen LogP contribution in [-0.2, 0) is 0 Å². The molecular weight excluding hydrogens is 158 g/mol. The SMILES string of the molecule is Cc1nc2onc(C)c2c(=O)[nH]1. The number of fused-ring (bicyclic) bond motifs is 1. The van der Waals surface area contributed by atoms with E-state index in [0.717, 1.165) is 0 Å². The molecule has 0 aromatic carbocycles. The zero-order valence-corrected chi connectivity index (χ0v) is 6.71. The maximum absolute atomic E-state index is 11.3. The number of aromatic amines is 1. The van der Waals surface area contributed by atoms with Gasteiger partial charge in [0.25, 0.3) is 11.3 Å². The maximum atomic E-state index is 11.3. The Hall–Kier alpha value is -1.65. The second-order valence-corrected chi connectivity index (χ2v) is 2.60. The molecule has 0 aliphatic rings. The van der Waals surface area contributed by atoms with E-state index in [1.807, 2.05) is 0 Å². The molecule has 62 valence electrons. The van der Waals surface area contributed by atoms with Crippen LogP contribution in [0.5, 0.6) is 0 Å². The van der Waals surface area contributed by atoms with Crippen LogP contribution in [0.3, 0.4) is 0 Å². The van der Waals surface area contributed by atoms with Gasteiger partial charge in [-0.1, -0.05) is 5.16 Å². The molecule has 12 heavy (non-hydrogen) atoms. The average Bonchev–Trinajstić information content (AvgIpc) is 2.31. The Morgan fingerprint density at radius 2 is 2.17 bits per heavy atom. The summed E-state index contributed by atoms with van der Waals surface area (Å²) < 4.78 is 4.83. The molecule has 1 N–H and O–H groups in total. The van der Waals surface area contributed by atoms with Gasteiger partial charge in [-0.25, -0.2) is 0 Å². The molecule has 0 aliphatic carbocycles. The van der Waals surface area contributed by atoms with Gasteiger partial charge >= 0.3 is 0 Å². The van der Waals surface area contributed by atoms with Crippen molar-refractivity contribution in [1.82, 2.24) is 15.1 Å². The summed E-state index contributed by atoms with van der Waals surface area (Å²) in [7, 11) is 0. The van der Waals surface area contributed by atoms with E-state index in [1.165, 1.54) is 0 Å². The molecule has 0 saturated heterocycles. The largest absolute Gasteiger partial charge is 0.335 e. The van der Waals surface area contributed by atoms with Gasteiger partial charge in [-0.15, -0.1) is 0 Å². The van der Waals surface area contributed by atoms with Gasteiger partial charge in [0.1, 0.15) is 11.2 Å². The number of H-pyrrole nitrogens is 1. The summed E-state index contributed by atoms with van der Waals surface area (Å²) in [5, 5.41) is 4.07. The van der Waals surface area contributed by atoms with Crippen LogP contribution >= 0.6 is 0 Å². The molecule has 2 aromatic rings. The van der Waals surface area contributed by atoms with Gasteiger partial charge in [-0.05, 0) is 13.8 Å². The fraction of sp³-hybridized carbons (Fsp3) is 0.286. The third kappa shape index (κ3) is 0.827. The highest BCUT2D eigenvalue weighted by Gasteiger charge is 2.09. The van der Waals surface area contributed by atoms with Crippen molar-refractivity contribution in [2.75, 3.05) is 0 Å². The lowest BCUT2D eigenvalue weighted by Gasteiger charge is -1.89. The summed E-state index contributed by atoms with van der Waals surface area (Å²) >= 11 is 0. The number of aromatic nitrogens is 3. The van der Waals surface area contributed by atoms with E-state index in [4.69, 9.17) is 4.52 Å². The van der Waals surface area contributed by atoms with Crippen molar-refractivity contribution >= 4 is 11.1 Å². The first-order chi connectivity index (χ1) is 5.68. The number of nitrogens with one attached hydrogen (secondary N) is 1. The van der Waals surface area contributed by atoms with Gasteiger partial charge in [-0.3, -0.25) is 4.79 Å². The highest BCUT2D eigenvalue weighted by Crippen LogP contribution is 2.09. The number of hydrogen-bond donors (Lipinski definition) is 1. The molecule has 0 aliphatic heterocycles. The second kappa shape index (κ2) is 2.17. The minimum absolute atomic E-state index is 0.198. The van der Waals surface area contributed by atoms with Crippen LogP contribution in [0.4, 0.5) is 0 Å². The maximum Gasteiger partial charge on any atom is 0.265 e. The smallest absolute Gasteiger partial charge is 0.265 e. The summed E-state index contributed by atoms with van der Waals surface area (Å²) in [6, 6.07) is 0. The molecule has 0 atom stereocenters. The van der Waals surface area contributed by atoms with Crippen LogP contribution in [-0.4, -0.2) is 15.1 Å². The van der Waals surface area contributed by atoms with E-state index < -0.39 is 0 Å². The van der Waals surface area contributed by atoms with Gasteiger partial charge in [0.05, 0.1) is 5.69 Å². The van der Waals surface area contributed by atoms with Crippen LogP contribution in [0.25, 0.3) is 11.1 Å². The van der Waals surface area contributed by atoms with E-state index in [-0.39, 0.29) is 5.56 Å². The topological polar surface area (TPSA) is 71.8 Å².